The van der Waals surface area contributed by atoms with Crippen LogP contribution in [-0.2, 0) is 33.3 Å². The molecule has 2 aliphatic rings. The number of benzene rings is 2. The van der Waals surface area contributed by atoms with Crippen molar-refractivity contribution in [1.29, 1.82) is 0 Å². The molecule has 5 rings (SSSR count). The molecule has 3 atom stereocenters. The number of rotatable bonds is 7. The maximum absolute atomic E-state index is 14.7. The van der Waals surface area contributed by atoms with Crippen molar-refractivity contribution >= 4 is 16.0 Å². The second-order valence-corrected chi connectivity index (χ2v) is 12.9. The minimum Gasteiger partial charge on any atom is -0.515 e. The Bertz CT molecular complexity index is 1600. The number of carbonyl (C=O) groups is 1. The number of hydrogen-bond donors (Lipinski definition) is 2. The third kappa shape index (κ3) is 4.38. The Morgan fingerprint density at radius 1 is 1.20 bits per heavy atom. The van der Waals surface area contributed by atoms with Crippen molar-refractivity contribution in [2.75, 3.05) is 20.7 Å². The summed E-state index contributed by atoms with van der Waals surface area (Å²) in [6, 6.07) is 13.7. The molecule has 212 valence electrons. The Morgan fingerprint density at radius 2 is 1.95 bits per heavy atom. The van der Waals surface area contributed by atoms with Gasteiger partial charge in [0, 0.05) is 48.7 Å². The van der Waals surface area contributed by atoms with Gasteiger partial charge in [0.25, 0.3) is 0 Å². The van der Waals surface area contributed by atoms with Gasteiger partial charge < -0.3 is 10.2 Å². The summed E-state index contributed by atoms with van der Waals surface area (Å²) in [4.78, 5) is 13.2. The third-order valence-corrected chi connectivity index (χ3v) is 10.1. The molecule has 2 aliphatic carbocycles. The molecular formula is C30H34FN3O5S. The molecule has 0 spiro atoms. The lowest BCUT2D eigenvalue weighted by Crippen LogP contribution is -2.50. The Balaban J connectivity index is 1.86. The predicted octanol–water partition coefficient (Wildman–Crippen LogP) is 4.17. The SMILES string of the molecule is C[C@@H]1C(=O)/C(=C\O)C[C@]2(c3cccc(F)c3)c3nn(S(=O)(=O)N(C)C)c(-c4cccc(CCCO)c4)c3CC[C@@H]12. The predicted molar refractivity (Wildman–Crippen MR) is 150 cm³/mol. The molecule has 2 N–H and O–H groups in total. The normalized spacial score (nSPS) is 23.9. The van der Waals surface area contributed by atoms with Gasteiger partial charge in [0.1, 0.15) is 5.82 Å². The summed E-state index contributed by atoms with van der Waals surface area (Å²) in [5.74, 6) is -1.40. The zero-order chi connectivity index (χ0) is 28.8. The lowest BCUT2D eigenvalue weighted by molar-refractivity contribution is -0.123. The zero-order valence-corrected chi connectivity index (χ0v) is 23.7. The highest BCUT2D eigenvalue weighted by atomic mass is 32.2. The number of hydrogen-bond acceptors (Lipinski definition) is 6. The first-order chi connectivity index (χ1) is 19.1. The number of fused-ring (bicyclic) bond motifs is 3. The van der Waals surface area contributed by atoms with E-state index in [2.05, 4.69) is 0 Å². The highest BCUT2D eigenvalue weighted by molar-refractivity contribution is 7.87. The fourth-order valence-electron chi connectivity index (χ4n) is 6.59. The lowest BCUT2D eigenvalue weighted by atomic mass is 9.52. The van der Waals surface area contributed by atoms with Crippen molar-refractivity contribution in [3.63, 3.8) is 0 Å². The minimum absolute atomic E-state index is 0.0434. The number of aryl methyl sites for hydroxylation is 1. The Kier molecular flexibility index (Phi) is 7.45. The van der Waals surface area contributed by atoms with Crippen molar-refractivity contribution in [1.82, 2.24) is 13.5 Å². The van der Waals surface area contributed by atoms with Crippen molar-refractivity contribution in [2.24, 2.45) is 11.8 Å². The van der Waals surface area contributed by atoms with Crippen LogP contribution in [0.3, 0.4) is 0 Å². The van der Waals surface area contributed by atoms with E-state index in [1.807, 2.05) is 31.2 Å². The van der Waals surface area contributed by atoms with Gasteiger partial charge in [-0.1, -0.05) is 37.3 Å². The average Bonchev–Trinajstić information content (AvgIpc) is 3.35. The number of aliphatic hydroxyl groups excluding tert-OH is 2. The van der Waals surface area contributed by atoms with Crippen LogP contribution in [0.4, 0.5) is 4.39 Å². The molecule has 3 aromatic rings. The van der Waals surface area contributed by atoms with Crippen LogP contribution >= 0.6 is 0 Å². The highest BCUT2D eigenvalue weighted by Crippen LogP contribution is 2.57. The molecule has 0 saturated heterocycles. The molecule has 1 heterocycles. The average molecular weight is 568 g/mol. The van der Waals surface area contributed by atoms with E-state index in [9.17, 15) is 27.8 Å². The van der Waals surface area contributed by atoms with Crippen LogP contribution < -0.4 is 0 Å². The van der Waals surface area contributed by atoms with Gasteiger partial charge in [0.05, 0.1) is 17.6 Å². The monoisotopic (exact) mass is 567 g/mol. The number of halogens is 1. The summed E-state index contributed by atoms with van der Waals surface area (Å²) in [6.45, 7) is 1.86. The second kappa shape index (κ2) is 10.6. The van der Waals surface area contributed by atoms with Gasteiger partial charge in [-0.25, -0.2) is 4.39 Å². The number of nitrogens with zero attached hydrogens (tertiary/aromatic N) is 3. The van der Waals surface area contributed by atoms with Gasteiger partial charge >= 0.3 is 10.2 Å². The molecule has 8 nitrogen and oxygen atoms in total. The van der Waals surface area contributed by atoms with Gasteiger partial charge in [-0.15, -0.1) is 4.09 Å². The van der Waals surface area contributed by atoms with Crippen LogP contribution in [0.1, 0.15) is 48.6 Å². The quantitative estimate of drug-likeness (QED) is 0.327. The third-order valence-electron chi connectivity index (χ3n) is 8.52. The van der Waals surface area contributed by atoms with Crippen molar-refractivity contribution in [3.05, 3.63) is 88.6 Å². The molecule has 0 aliphatic heterocycles. The van der Waals surface area contributed by atoms with Gasteiger partial charge in [-0.3, -0.25) is 4.79 Å². The van der Waals surface area contributed by atoms with Gasteiger partial charge in [-0.05, 0) is 67.3 Å². The zero-order valence-electron chi connectivity index (χ0n) is 22.8. The summed E-state index contributed by atoms with van der Waals surface area (Å²) < 4.78 is 44.3. The molecule has 40 heavy (non-hydrogen) atoms. The molecule has 1 fully saturated rings. The summed E-state index contributed by atoms with van der Waals surface area (Å²) in [5.41, 5.74) is 3.02. The molecule has 0 amide bonds. The Labute approximate surface area is 233 Å². The van der Waals surface area contributed by atoms with Gasteiger partial charge in [0.15, 0.2) is 5.78 Å². The standard InChI is InChI=1S/C30H34FN3O5S/c1-19-26-13-12-25-27(21-9-4-7-20(15-21)8-6-14-35)34(40(38,39)33(2)3)32-29(25)30(26,17-22(18-36)28(19)37)23-10-5-11-24(31)16-23/h4-5,7,9-11,15-16,18-19,26,35-36H,6,8,12-14,17H2,1-3H3/b22-18-/t19-,26-,30+/m0/s1. The van der Waals surface area contributed by atoms with E-state index in [4.69, 9.17) is 5.10 Å². The van der Waals surface area contributed by atoms with Crippen LogP contribution in [0.5, 0.6) is 0 Å². The van der Waals surface area contributed by atoms with Crippen molar-refractivity contribution in [3.8, 4) is 11.3 Å². The van der Waals surface area contributed by atoms with Gasteiger partial charge in [-0.2, -0.15) is 17.8 Å². The van der Waals surface area contributed by atoms with E-state index in [-0.39, 0.29) is 30.3 Å². The van der Waals surface area contributed by atoms with E-state index in [1.54, 1.807) is 12.1 Å². The molecule has 1 saturated carbocycles. The Morgan fingerprint density at radius 3 is 2.62 bits per heavy atom. The summed E-state index contributed by atoms with van der Waals surface area (Å²) in [7, 11) is -1.20. The largest absolute Gasteiger partial charge is 0.515 e. The Hall–Kier alpha value is -3.34. The van der Waals surface area contributed by atoms with Crippen LogP contribution in [0.2, 0.25) is 0 Å². The molecule has 0 unspecified atom stereocenters. The molecule has 10 heteroatoms. The number of ketones is 1. The van der Waals surface area contributed by atoms with Crippen molar-refractivity contribution in [2.45, 2.75) is 44.4 Å². The number of aromatic nitrogens is 2. The van der Waals surface area contributed by atoms with Crippen LogP contribution in [0.25, 0.3) is 11.3 Å². The van der Waals surface area contributed by atoms with E-state index in [0.29, 0.717) is 48.2 Å². The summed E-state index contributed by atoms with van der Waals surface area (Å²) in [5, 5.41) is 24.2. The smallest absolute Gasteiger partial charge is 0.323 e. The molecule has 0 bridgehead atoms. The maximum atomic E-state index is 14.7. The molecule has 0 radical (unpaired) electrons. The van der Waals surface area contributed by atoms with E-state index < -0.39 is 27.4 Å². The first kappa shape index (κ1) is 28.2. The molecule has 1 aromatic heterocycles. The topological polar surface area (TPSA) is 113 Å². The first-order valence-corrected chi connectivity index (χ1v) is 14.8. The first-order valence-electron chi connectivity index (χ1n) is 13.4. The number of aliphatic hydroxyl groups is 2. The molecule has 2 aromatic carbocycles. The minimum atomic E-state index is -4.08. The number of allylic oxidation sites excluding steroid dienone is 1. The summed E-state index contributed by atoms with van der Waals surface area (Å²) >= 11 is 0. The second-order valence-electron chi connectivity index (χ2n) is 10.9. The molecular weight excluding hydrogens is 533 g/mol. The lowest BCUT2D eigenvalue weighted by Gasteiger charge is -2.49. The fourth-order valence-corrected chi connectivity index (χ4v) is 7.53. The van der Waals surface area contributed by atoms with Gasteiger partial charge in [0.2, 0.25) is 0 Å². The maximum Gasteiger partial charge on any atom is 0.323 e. The van der Waals surface area contributed by atoms with Crippen LogP contribution in [0, 0.1) is 17.7 Å². The number of Topliss-reactive ketones (excluding diaryl/α,β-unsaturated/α-hetero) is 1. The number of carbonyl (C=O) groups excluding carboxylic acids is 1. The highest BCUT2D eigenvalue weighted by Gasteiger charge is 2.56. The van der Waals surface area contributed by atoms with E-state index >= 15 is 0 Å². The van der Waals surface area contributed by atoms with Crippen molar-refractivity contribution < 1.29 is 27.8 Å². The fraction of sp³-hybridized carbons (Fsp3) is 0.400. The van der Waals surface area contributed by atoms with E-state index in [1.165, 1.54) is 26.2 Å². The summed E-state index contributed by atoms with van der Waals surface area (Å²) in [6.07, 6.45) is 3.13. The van der Waals surface area contributed by atoms with E-state index in [0.717, 1.165) is 25.8 Å². The van der Waals surface area contributed by atoms with Crippen LogP contribution in [0.15, 0.2) is 60.4 Å². The van der Waals surface area contributed by atoms with Crippen LogP contribution in [-0.4, -0.2) is 58.6 Å².